The third kappa shape index (κ3) is 6.02. The monoisotopic (exact) mass is 428 g/mol. The van der Waals surface area contributed by atoms with Crippen LogP contribution in [0.15, 0.2) is 53.4 Å². The van der Waals surface area contributed by atoms with E-state index in [1.807, 2.05) is 6.26 Å². The van der Waals surface area contributed by atoms with Crippen LogP contribution in [0.3, 0.4) is 0 Å². The molecule has 0 aromatic heterocycles. The predicted molar refractivity (Wildman–Crippen MR) is 106 cm³/mol. The number of amides is 1. The van der Waals surface area contributed by atoms with E-state index >= 15 is 0 Å². The minimum absolute atomic E-state index is 0.191. The molecule has 9 heteroatoms. The Labute approximate surface area is 168 Å². The molecule has 1 amide bonds. The maximum absolute atomic E-state index is 13.9. The minimum Gasteiger partial charge on any atom is -0.340 e. The molecule has 1 atom stereocenters. The predicted octanol–water partition coefficient (Wildman–Crippen LogP) is 3.02. The van der Waals surface area contributed by atoms with Gasteiger partial charge >= 0.3 is 0 Å². The number of thioether (sulfide) groups is 1. The molecular weight excluding hydrogens is 406 g/mol. The van der Waals surface area contributed by atoms with Crippen molar-refractivity contribution in [2.75, 3.05) is 19.1 Å². The third-order valence-electron chi connectivity index (χ3n) is 4.04. The van der Waals surface area contributed by atoms with E-state index in [1.165, 1.54) is 48.0 Å². The molecule has 0 bridgehead atoms. The average molecular weight is 429 g/mol. The van der Waals surface area contributed by atoms with Crippen LogP contribution in [0.5, 0.6) is 0 Å². The summed E-state index contributed by atoms with van der Waals surface area (Å²) in [6, 6.07) is 9.66. The van der Waals surface area contributed by atoms with E-state index < -0.39 is 32.7 Å². The first kappa shape index (κ1) is 22.3. The molecule has 0 fully saturated rings. The van der Waals surface area contributed by atoms with Crippen molar-refractivity contribution in [2.24, 2.45) is 0 Å². The van der Waals surface area contributed by atoms with Crippen LogP contribution in [-0.4, -0.2) is 44.3 Å². The highest BCUT2D eigenvalue weighted by Gasteiger charge is 2.29. The highest BCUT2D eigenvalue weighted by Crippen LogP contribution is 2.16. The van der Waals surface area contributed by atoms with Crippen molar-refractivity contribution in [1.29, 1.82) is 0 Å². The van der Waals surface area contributed by atoms with Crippen LogP contribution in [-0.2, 0) is 21.4 Å². The molecule has 5 nitrogen and oxygen atoms in total. The fourth-order valence-corrected chi connectivity index (χ4v) is 4.36. The minimum atomic E-state index is -4.21. The summed E-state index contributed by atoms with van der Waals surface area (Å²) in [6.07, 6.45) is 2.09. The molecule has 0 radical (unpaired) electrons. The van der Waals surface area contributed by atoms with Gasteiger partial charge in [0, 0.05) is 13.6 Å². The van der Waals surface area contributed by atoms with Gasteiger partial charge in [-0.05, 0) is 48.3 Å². The number of carbonyl (C=O) groups excluding carboxylic acids is 1. The zero-order valence-electron chi connectivity index (χ0n) is 15.6. The van der Waals surface area contributed by atoms with E-state index in [0.717, 1.165) is 12.1 Å². The molecule has 28 heavy (non-hydrogen) atoms. The SMILES string of the molecule is CSCCC(NS(=O)(=O)c1ccccc1F)C(=O)N(C)Cc1ccc(F)cc1. The van der Waals surface area contributed by atoms with Gasteiger partial charge in [-0.25, -0.2) is 17.2 Å². The van der Waals surface area contributed by atoms with Gasteiger partial charge < -0.3 is 4.90 Å². The van der Waals surface area contributed by atoms with Gasteiger partial charge in [0.15, 0.2) is 0 Å². The fourth-order valence-electron chi connectivity index (χ4n) is 2.59. The number of sulfonamides is 1. The molecule has 2 aromatic rings. The first-order valence-electron chi connectivity index (χ1n) is 8.50. The van der Waals surface area contributed by atoms with Crippen molar-refractivity contribution >= 4 is 27.7 Å². The van der Waals surface area contributed by atoms with Crippen LogP contribution in [0.4, 0.5) is 8.78 Å². The number of rotatable bonds is 9. The number of benzene rings is 2. The van der Waals surface area contributed by atoms with Gasteiger partial charge in [-0.1, -0.05) is 24.3 Å². The Balaban J connectivity index is 2.18. The van der Waals surface area contributed by atoms with E-state index in [9.17, 15) is 22.0 Å². The summed E-state index contributed by atoms with van der Waals surface area (Å²) in [5, 5.41) is 0. The largest absolute Gasteiger partial charge is 0.340 e. The first-order valence-corrected chi connectivity index (χ1v) is 11.4. The van der Waals surface area contributed by atoms with Gasteiger partial charge in [0.1, 0.15) is 22.6 Å². The maximum atomic E-state index is 13.9. The molecule has 0 heterocycles. The first-order chi connectivity index (χ1) is 13.2. The lowest BCUT2D eigenvalue weighted by molar-refractivity contribution is -0.132. The molecule has 0 saturated carbocycles. The van der Waals surface area contributed by atoms with Crippen LogP contribution in [0.2, 0.25) is 0 Å². The van der Waals surface area contributed by atoms with Crippen molar-refractivity contribution < 1.29 is 22.0 Å². The quantitative estimate of drug-likeness (QED) is 0.667. The number of hydrogen-bond donors (Lipinski definition) is 1. The van der Waals surface area contributed by atoms with Crippen LogP contribution >= 0.6 is 11.8 Å². The zero-order chi connectivity index (χ0) is 20.7. The molecule has 1 unspecified atom stereocenters. The summed E-state index contributed by atoms with van der Waals surface area (Å²) in [5.74, 6) is -1.17. The summed E-state index contributed by atoms with van der Waals surface area (Å²) in [7, 11) is -2.67. The smallest absolute Gasteiger partial charge is 0.244 e. The van der Waals surface area contributed by atoms with Crippen molar-refractivity contribution in [2.45, 2.75) is 23.9 Å². The molecular formula is C19H22F2N2O3S2. The summed E-state index contributed by atoms with van der Waals surface area (Å²) < 4.78 is 54.4. The van der Waals surface area contributed by atoms with Crippen LogP contribution < -0.4 is 4.72 Å². The molecule has 0 aliphatic heterocycles. The number of nitrogens with zero attached hydrogens (tertiary/aromatic N) is 1. The normalized spacial score (nSPS) is 12.6. The Morgan fingerprint density at radius 3 is 2.39 bits per heavy atom. The second-order valence-corrected chi connectivity index (χ2v) is 8.87. The molecule has 0 aliphatic rings. The molecule has 152 valence electrons. The van der Waals surface area contributed by atoms with Gasteiger partial charge in [-0.3, -0.25) is 4.79 Å². The lowest BCUT2D eigenvalue weighted by atomic mass is 10.1. The molecule has 2 aromatic carbocycles. The van der Waals surface area contributed by atoms with E-state index in [1.54, 1.807) is 12.1 Å². The van der Waals surface area contributed by atoms with Gasteiger partial charge in [0.25, 0.3) is 0 Å². The lowest BCUT2D eigenvalue weighted by Crippen LogP contribution is -2.47. The Morgan fingerprint density at radius 1 is 1.14 bits per heavy atom. The zero-order valence-corrected chi connectivity index (χ0v) is 17.2. The maximum Gasteiger partial charge on any atom is 0.244 e. The van der Waals surface area contributed by atoms with Crippen molar-refractivity contribution in [1.82, 2.24) is 9.62 Å². The molecule has 0 spiro atoms. The van der Waals surface area contributed by atoms with Crippen molar-refractivity contribution in [3.63, 3.8) is 0 Å². The van der Waals surface area contributed by atoms with E-state index in [4.69, 9.17) is 0 Å². The molecule has 0 aliphatic carbocycles. The second-order valence-electron chi connectivity index (χ2n) is 6.21. The van der Waals surface area contributed by atoms with Gasteiger partial charge in [-0.15, -0.1) is 0 Å². The number of hydrogen-bond acceptors (Lipinski definition) is 4. The Morgan fingerprint density at radius 2 is 1.79 bits per heavy atom. The van der Waals surface area contributed by atoms with Crippen LogP contribution in [0, 0.1) is 11.6 Å². The van der Waals surface area contributed by atoms with E-state index in [-0.39, 0.29) is 18.8 Å². The number of likely N-dealkylation sites (N-methyl/N-ethyl adjacent to an activating group) is 1. The van der Waals surface area contributed by atoms with E-state index in [2.05, 4.69) is 4.72 Å². The Bertz CT molecular complexity index is 906. The average Bonchev–Trinajstić information content (AvgIpc) is 2.66. The third-order valence-corrected chi connectivity index (χ3v) is 6.19. The highest BCUT2D eigenvalue weighted by molar-refractivity contribution is 7.98. The van der Waals surface area contributed by atoms with Crippen LogP contribution in [0.1, 0.15) is 12.0 Å². The van der Waals surface area contributed by atoms with Crippen molar-refractivity contribution in [3.8, 4) is 0 Å². The van der Waals surface area contributed by atoms with Gasteiger partial charge in [-0.2, -0.15) is 16.5 Å². The topological polar surface area (TPSA) is 66.5 Å². The van der Waals surface area contributed by atoms with E-state index in [0.29, 0.717) is 11.3 Å². The fraction of sp³-hybridized carbons (Fsp3) is 0.316. The number of nitrogens with one attached hydrogen (secondary N) is 1. The number of carbonyl (C=O) groups is 1. The summed E-state index contributed by atoms with van der Waals surface area (Å²) in [5.41, 5.74) is 0.706. The second kappa shape index (κ2) is 9.99. The molecule has 2 rings (SSSR count). The summed E-state index contributed by atoms with van der Waals surface area (Å²) >= 11 is 1.47. The molecule has 1 N–H and O–H groups in total. The molecule has 0 saturated heterocycles. The standard InChI is InChI=1S/C19H22F2N2O3S2/c1-23(13-14-7-9-15(20)10-8-14)19(24)17(11-12-27-2)22-28(25,26)18-6-4-3-5-16(18)21/h3-10,17,22H,11-13H2,1-2H3. The van der Waals surface area contributed by atoms with Crippen molar-refractivity contribution in [3.05, 3.63) is 65.7 Å². The lowest BCUT2D eigenvalue weighted by Gasteiger charge is -2.24. The summed E-state index contributed by atoms with van der Waals surface area (Å²) in [4.78, 5) is 13.7. The number of halogens is 2. The highest BCUT2D eigenvalue weighted by atomic mass is 32.2. The summed E-state index contributed by atoms with van der Waals surface area (Å²) in [6.45, 7) is 0.191. The van der Waals surface area contributed by atoms with Crippen LogP contribution in [0.25, 0.3) is 0 Å². The van der Waals surface area contributed by atoms with Gasteiger partial charge in [0.2, 0.25) is 15.9 Å². The Hall–Kier alpha value is -1.97. The Kier molecular flexibility index (Phi) is 7.97. The van der Waals surface area contributed by atoms with Gasteiger partial charge in [0.05, 0.1) is 0 Å².